The number of nitrogens with one attached hydrogen (secondary N) is 1. The predicted octanol–water partition coefficient (Wildman–Crippen LogP) is 3.35. The monoisotopic (exact) mass is 330 g/mol. The van der Waals surface area contributed by atoms with Crippen molar-refractivity contribution in [1.82, 2.24) is 15.1 Å². The second kappa shape index (κ2) is 10.3. The van der Waals surface area contributed by atoms with E-state index < -0.39 is 0 Å². The molecular weight excluding hydrogens is 296 g/mol. The van der Waals surface area contributed by atoms with Crippen LogP contribution >= 0.6 is 0 Å². The number of hydrogen-bond donors (Lipinski definition) is 1. The molecule has 1 saturated heterocycles. The lowest BCUT2D eigenvalue weighted by molar-refractivity contribution is 0.158. The number of aliphatic imine (C=N–C) groups is 1. The van der Waals surface area contributed by atoms with Gasteiger partial charge in [-0.2, -0.15) is 0 Å². The van der Waals surface area contributed by atoms with E-state index in [1.807, 2.05) is 20.2 Å². The van der Waals surface area contributed by atoms with Crippen molar-refractivity contribution in [2.24, 2.45) is 4.99 Å². The van der Waals surface area contributed by atoms with Gasteiger partial charge in [-0.1, -0.05) is 36.8 Å². The zero-order valence-corrected chi connectivity index (χ0v) is 15.7. The zero-order valence-electron chi connectivity index (χ0n) is 15.7. The van der Waals surface area contributed by atoms with Crippen LogP contribution < -0.4 is 5.32 Å². The molecule has 4 nitrogen and oxygen atoms in total. The van der Waals surface area contributed by atoms with Crippen molar-refractivity contribution in [2.75, 3.05) is 33.7 Å². The molecule has 0 aromatic heterocycles. The number of guanidine groups is 1. The maximum Gasteiger partial charge on any atom is 0.193 e. The van der Waals surface area contributed by atoms with Gasteiger partial charge in [0.2, 0.25) is 0 Å². The number of likely N-dealkylation sites (tertiary alicyclic amines) is 1. The molecule has 1 N–H and O–H groups in total. The van der Waals surface area contributed by atoms with E-state index in [2.05, 4.69) is 46.3 Å². The maximum absolute atomic E-state index is 4.71. The van der Waals surface area contributed by atoms with E-state index in [0.717, 1.165) is 25.1 Å². The van der Waals surface area contributed by atoms with Crippen LogP contribution in [0.15, 0.2) is 35.3 Å². The van der Waals surface area contributed by atoms with E-state index in [1.54, 1.807) is 0 Å². The van der Waals surface area contributed by atoms with Crippen LogP contribution in [0.3, 0.4) is 0 Å². The maximum atomic E-state index is 4.71. The smallest absolute Gasteiger partial charge is 0.193 e. The number of unbranched alkanes of at least 4 members (excludes halogenated alkanes) is 1. The normalized spacial score (nSPS) is 19.3. The summed E-state index contributed by atoms with van der Waals surface area (Å²) >= 11 is 0. The molecule has 24 heavy (non-hydrogen) atoms. The van der Waals surface area contributed by atoms with Gasteiger partial charge < -0.3 is 15.1 Å². The van der Waals surface area contributed by atoms with Crippen molar-refractivity contribution >= 4 is 5.96 Å². The SMILES string of the molecule is CC1CCCCN1CCCCNC(=NCc1ccccc1)N(C)C. The quantitative estimate of drug-likeness (QED) is 0.472. The van der Waals surface area contributed by atoms with Gasteiger partial charge in [-0.15, -0.1) is 0 Å². The Hall–Kier alpha value is -1.55. The van der Waals surface area contributed by atoms with Crippen molar-refractivity contribution in [1.29, 1.82) is 0 Å². The topological polar surface area (TPSA) is 30.9 Å². The fourth-order valence-electron chi connectivity index (χ4n) is 3.23. The third-order valence-electron chi connectivity index (χ3n) is 4.77. The number of piperidine rings is 1. The Morgan fingerprint density at radius 2 is 2.00 bits per heavy atom. The molecule has 1 aliphatic rings. The molecule has 1 aliphatic heterocycles. The Labute approximate surface area is 147 Å². The largest absolute Gasteiger partial charge is 0.356 e. The van der Waals surface area contributed by atoms with Gasteiger partial charge in [-0.05, 0) is 51.3 Å². The van der Waals surface area contributed by atoms with Gasteiger partial charge in [0.15, 0.2) is 5.96 Å². The standard InChI is InChI=1S/C20H34N4/c1-18-11-7-9-15-24(18)16-10-8-14-21-20(23(2)3)22-17-19-12-5-4-6-13-19/h4-6,12-13,18H,7-11,14-17H2,1-3H3,(H,21,22). The van der Waals surface area contributed by atoms with Crippen LogP contribution in [-0.4, -0.2) is 55.5 Å². The highest BCUT2D eigenvalue weighted by atomic mass is 15.3. The minimum absolute atomic E-state index is 0.729. The van der Waals surface area contributed by atoms with Gasteiger partial charge in [-0.25, -0.2) is 4.99 Å². The van der Waals surface area contributed by atoms with Crippen LogP contribution in [0, 0.1) is 0 Å². The Bertz CT molecular complexity index is 484. The third kappa shape index (κ3) is 6.52. The van der Waals surface area contributed by atoms with Crippen molar-refractivity contribution in [3.63, 3.8) is 0 Å². The molecule has 1 aromatic carbocycles. The van der Waals surface area contributed by atoms with E-state index in [-0.39, 0.29) is 0 Å². The zero-order chi connectivity index (χ0) is 17.2. The summed E-state index contributed by atoms with van der Waals surface area (Å²) in [6.45, 7) is 6.62. The molecule has 1 fully saturated rings. The van der Waals surface area contributed by atoms with Crippen LogP contribution in [0.2, 0.25) is 0 Å². The first-order valence-corrected chi connectivity index (χ1v) is 9.40. The second-order valence-corrected chi connectivity index (χ2v) is 7.03. The molecule has 134 valence electrons. The first kappa shape index (κ1) is 18.8. The summed E-state index contributed by atoms with van der Waals surface area (Å²) in [5, 5.41) is 3.50. The number of rotatable bonds is 7. The van der Waals surface area contributed by atoms with Crippen LogP contribution in [0.5, 0.6) is 0 Å². The molecule has 0 amide bonds. The van der Waals surface area contributed by atoms with Gasteiger partial charge in [0.05, 0.1) is 6.54 Å². The molecule has 4 heteroatoms. The van der Waals surface area contributed by atoms with Gasteiger partial charge in [0.1, 0.15) is 0 Å². The van der Waals surface area contributed by atoms with Crippen LogP contribution in [0.1, 0.15) is 44.6 Å². The van der Waals surface area contributed by atoms with E-state index in [0.29, 0.717) is 0 Å². The van der Waals surface area contributed by atoms with Crippen LogP contribution in [0.25, 0.3) is 0 Å². The second-order valence-electron chi connectivity index (χ2n) is 7.03. The molecular formula is C20H34N4. The minimum Gasteiger partial charge on any atom is -0.356 e. The molecule has 0 radical (unpaired) electrons. The van der Waals surface area contributed by atoms with E-state index in [4.69, 9.17) is 4.99 Å². The van der Waals surface area contributed by atoms with Gasteiger partial charge in [0.25, 0.3) is 0 Å². The molecule has 0 bridgehead atoms. The molecule has 0 saturated carbocycles. The third-order valence-corrected chi connectivity index (χ3v) is 4.77. The van der Waals surface area contributed by atoms with Crippen molar-refractivity contribution < 1.29 is 0 Å². The number of hydrogen-bond acceptors (Lipinski definition) is 2. The van der Waals surface area contributed by atoms with Crippen LogP contribution in [0.4, 0.5) is 0 Å². The van der Waals surface area contributed by atoms with Gasteiger partial charge in [0, 0.05) is 26.7 Å². The lowest BCUT2D eigenvalue weighted by Gasteiger charge is -2.33. The molecule has 1 aromatic rings. The molecule has 0 aliphatic carbocycles. The lowest BCUT2D eigenvalue weighted by Crippen LogP contribution is -2.39. The summed E-state index contributed by atoms with van der Waals surface area (Å²) < 4.78 is 0. The van der Waals surface area contributed by atoms with E-state index >= 15 is 0 Å². The molecule has 0 spiro atoms. The van der Waals surface area contributed by atoms with E-state index in [9.17, 15) is 0 Å². The predicted molar refractivity (Wildman–Crippen MR) is 103 cm³/mol. The molecule has 1 atom stereocenters. The van der Waals surface area contributed by atoms with Crippen molar-refractivity contribution in [2.45, 2.75) is 51.6 Å². The lowest BCUT2D eigenvalue weighted by atomic mass is 10.0. The number of nitrogens with zero attached hydrogens (tertiary/aromatic N) is 3. The number of benzene rings is 1. The highest BCUT2D eigenvalue weighted by Crippen LogP contribution is 2.16. The molecule has 1 heterocycles. The minimum atomic E-state index is 0.729. The summed E-state index contributed by atoms with van der Waals surface area (Å²) in [5.41, 5.74) is 1.25. The highest BCUT2D eigenvalue weighted by molar-refractivity contribution is 5.79. The first-order valence-electron chi connectivity index (χ1n) is 9.40. The summed E-state index contributed by atoms with van der Waals surface area (Å²) in [6, 6.07) is 11.2. The fraction of sp³-hybridized carbons (Fsp3) is 0.650. The van der Waals surface area contributed by atoms with E-state index in [1.165, 1.54) is 50.8 Å². The average Bonchev–Trinajstić information content (AvgIpc) is 2.59. The summed E-state index contributed by atoms with van der Waals surface area (Å²) in [4.78, 5) is 9.43. The average molecular weight is 331 g/mol. The van der Waals surface area contributed by atoms with Gasteiger partial charge in [-0.3, -0.25) is 0 Å². The Morgan fingerprint density at radius 3 is 2.71 bits per heavy atom. The summed E-state index contributed by atoms with van der Waals surface area (Å²) in [7, 11) is 4.10. The Morgan fingerprint density at radius 1 is 1.21 bits per heavy atom. The Balaban J connectivity index is 1.68. The Kier molecular flexibility index (Phi) is 8.10. The van der Waals surface area contributed by atoms with Crippen LogP contribution in [-0.2, 0) is 6.54 Å². The van der Waals surface area contributed by atoms with Gasteiger partial charge >= 0.3 is 0 Å². The van der Waals surface area contributed by atoms with Crippen molar-refractivity contribution in [3.05, 3.63) is 35.9 Å². The summed E-state index contributed by atoms with van der Waals surface area (Å²) in [6.07, 6.45) is 6.61. The molecule has 2 rings (SSSR count). The first-order chi connectivity index (χ1) is 11.7. The van der Waals surface area contributed by atoms with Crippen molar-refractivity contribution in [3.8, 4) is 0 Å². The highest BCUT2D eigenvalue weighted by Gasteiger charge is 2.16. The fourth-order valence-corrected chi connectivity index (χ4v) is 3.23. The molecule has 1 unspecified atom stereocenters. The summed E-state index contributed by atoms with van der Waals surface area (Å²) in [5.74, 6) is 0.977.